The summed E-state index contributed by atoms with van der Waals surface area (Å²) in [6.07, 6.45) is 8.94. The van der Waals surface area contributed by atoms with Gasteiger partial charge in [-0.2, -0.15) is 0 Å². The zero-order valence-corrected chi connectivity index (χ0v) is 24.3. The number of nitrogens with one attached hydrogen (secondary N) is 2. The first-order chi connectivity index (χ1) is 19.8. The number of β-amino-alcohol motifs (C(OH)–C–C–N with tert-alkyl or cyclic N) is 1. The van der Waals surface area contributed by atoms with Gasteiger partial charge in [0, 0.05) is 33.3 Å². The molecule has 11 nitrogen and oxygen atoms in total. The number of nitrogens with zero attached hydrogens (tertiary/aromatic N) is 4. The smallest absolute Gasteiger partial charge is 0.267 e. The number of hydrogen-bond donors (Lipinski definition) is 3. The molecule has 4 rings (SSSR count). The maximum atomic E-state index is 12.4. The van der Waals surface area contributed by atoms with Gasteiger partial charge in [0.15, 0.2) is 12.2 Å². The van der Waals surface area contributed by atoms with E-state index in [1.165, 1.54) is 23.9 Å². The van der Waals surface area contributed by atoms with Crippen molar-refractivity contribution in [2.75, 3.05) is 26.7 Å². The number of aliphatic hydroxyl groups excluding tert-OH is 1. The highest BCUT2D eigenvalue weighted by Gasteiger charge is 2.22. The molecule has 1 saturated carbocycles. The number of amidine groups is 1. The topological polar surface area (TPSA) is 134 Å². The van der Waals surface area contributed by atoms with Crippen LogP contribution in [0.3, 0.4) is 0 Å². The minimum atomic E-state index is -0.713. The molecule has 0 radical (unpaired) electrons. The molecule has 0 saturated heterocycles. The second kappa shape index (κ2) is 14.9. The second-order valence-electron chi connectivity index (χ2n) is 10.7. The summed E-state index contributed by atoms with van der Waals surface area (Å²) in [6, 6.07) is 4.31. The highest BCUT2D eigenvalue weighted by atomic mass is 16.5. The fourth-order valence-corrected chi connectivity index (χ4v) is 5.31. The van der Waals surface area contributed by atoms with Gasteiger partial charge in [-0.05, 0) is 68.7 Å². The van der Waals surface area contributed by atoms with Crippen LogP contribution < -0.4 is 15.4 Å². The monoisotopic (exact) mass is 566 g/mol. The van der Waals surface area contributed by atoms with Crippen molar-refractivity contribution < 1.29 is 23.8 Å². The molecule has 1 amide bonds. The van der Waals surface area contributed by atoms with Crippen molar-refractivity contribution in [3.63, 3.8) is 0 Å². The Hall–Kier alpha value is -3.54. The predicted molar refractivity (Wildman–Crippen MR) is 157 cm³/mol. The summed E-state index contributed by atoms with van der Waals surface area (Å²) >= 11 is 0. The lowest BCUT2D eigenvalue weighted by molar-refractivity contribution is -0.118. The first kappa shape index (κ1) is 30.4. The van der Waals surface area contributed by atoms with E-state index in [0.717, 1.165) is 56.5 Å². The van der Waals surface area contributed by atoms with Gasteiger partial charge in [-0.3, -0.25) is 14.7 Å². The molecule has 1 fully saturated rings. The molecule has 1 aliphatic carbocycles. The minimum absolute atomic E-state index is 0.123. The van der Waals surface area contributed by atoms with Crippen LogP contribution >= 0.6 is 0 Å². The fourth-order valence-electron chi connectivity index (χ4n) is 5.31. The molecule has 0 bridgehead atoms. The molecule has 41 heavy (non-hydrogen) atoms. The average molecular weight is 567 g/mol. The molecule has 11 heteroatoms. The van der Waals surface area contributed by atoms with Crippen LogP contribution in [0.15, 0.2) is 51.4 Å². The third-order valence-electron chi connectivity index (χ3n) is 7.65. The number of methoxy groups -OCH3 is 1. The van der Waals surface area contributed by atoms with Crippen LogP contribution in [0, 0.1) is 6.92 Å². The first-order valence-electron chi connectivity index (χ1n) is 14.2. The van der Waals surface area contributed by atoms with Gasteiger partial charge in [0.2, 0.25) is 0 Å². The number of carbonyl (C=O) groups excluding carboxylic acids is 1. The number of oxazole rings is 1. The van der Waals surface area contributed by atoms with Crippen molar-refractivity contribution >= 4 is 18.1 Å². The van der Waals surface area contributed by atoms with E-state index in [1.54, 1.807) is 13.3 Å². The van der Waals surface area contributed by atoms with E-state index >= 15 is 0 Å². The van der Waals surface area contributed by atoms with Crippen molar-refractivity contribution in [1.29, 1.82) is 0 Å². The van der Waals surface area contributed by atoms with Gasteiger partial charge in [-0.15, -0.1) is 0 Å². The third kappa shape index (κ3) is 8.97. The fraction of sp³-hybridized carbons (Fsp3) is 0.533. The summed E-state index contributed by atoms with van der Waals surface area (Å²) in [4.78, 5) is 27.5. The van der Waals surface area contributed by atoms with Crippen molar-refractivity contribution in [3.05, 3.63) is 59.4 Å². The van der Waals surface area contributed by atoms with E-state index < -0.39 is 6.10 Å². The Labute approximate surface area is 241 Å². The lowest BCUT2D eigenvalue weighted by atomic mass is 9.93. The Morgan fingerprint density at radius 1 is 1.34 bits per heavy atom. The lowest BCUT2D eigenvalue weighted by Gasteiger charge is -2.31. The molecule has 0 spiro atoms. The molecule has 2 aromatic rings. The largest absolute Gasteiger partial charge is 0.485 e. The van der Waals surface area contributed by atoms with Gasteiger partial charge in [0.1, 0.15) is 18.2 Å². The molecule has 222 valence electrons. The van der Waals surface area contributed by atoms with Gasteiger partial charge in [0.05, 0.1) is 36.5 Å². The number of rotatable bonds is 12. The molecule has 1 atom stereocenters. The molecular formula is C30H42N6O5. The number of hydrogen-bond acceptors (Lipinski definition) is 8. The van der Waals surface area contributed by atoms with Gasteiger partial charge in [-0.1, -0.05) is 12.6 Å². The second-order valence-corrected chi connectivity index (χ2v) is 10.7. The van der Waals surface area contributed by atoms with Gasteiger partial charge in [0.25, 0.3) is 5.91 Å². The Morgan fingerprint density at radius 3 is 2.88 bits per heavy atom. The van der Waals surface area contributed by atoms with Crippen LogP contribution in [0.2, 0.25) is 0 Å². The number of benzene rings is 1. The summed E-state index contributed by atoms with van der Waals surface area (Å²) in [5.74, 6) is 1.77. The maximum absolute atomic E-state index is 12.4. The Kier molecular flexibility index (Phi) is 11.1. The summed E-state index contributed by atoms with van der Waals surface area (Å²) in [5.41, 5.74) is 3.77. The van der Waals surface area contributed by atoms with Crippen molar-refractivity contribution in [2.45, 2.75) is 77.4 Å². The van der Waals surface area contributed by atoms with Crippen LogP contribution in [0.1, 0.15) is 55.1 Å². The van der Waals surface area contributed by atoms with Crippen molar-refractivity contribution in [2.24, 2.45) is 9.98 Å². The number of aliphatic hydroxyl groups is 1. The summed E-state index contributed by atoms with van der Waals surface area (Å²) in [7, 11) is 1.75. The molecular weight excluding hydrogens is 524 g/mol. The molecule has 1 aromatic carbocycles. The molecule has 3 N–H and O–H groups in total. The zero-order chi connectivity index (χ0) is 29.2. The number of amides is 1. The van der Waals surface area contributed by atoms with E-state index in [1.807, 2.05) is 13.0 Å². The van der Waals surface area contributed by atoms with Crippen molar-refractivity contribution in [3.8, 4) is 5.75 Å². The molecule has 2 heterocycles. The van der Waals surface area contributed by atoms with Gasteiger partial charge in [-0.25, -0.2) is 9.98 Å². The summed E-state index contributed by atoms with van der Waals surface area (Å²) in [6.45, 7) is 10.1. The Balaban J connectivity index is 1.16. The minimum Gasteiger partial charge on any atom is -0.485 e. The number of carbonyl (C=O) groups is 1. The molecule has 2 aliphatic rings. The van der Waals surface area contributed by atoms with Gasteiger partial charge >= 0.3 is 0 Å². The van der Waals surface area contributed by atoms with Crippen LogP contribution in [0.4, 0.5) is 0 Å². The number of aliphatic imine (C=N–C) groups is 2. The van der Waals surface area contributed by atoms with Crippen LogP contribution in [0.25, 0.3) is 0 Å². The Morgan fingerprint density at radius 2 is 2.15 bits per heavy atom. The van der Waals surface area contributed by atoms with Crippen LogP contribution in [-0.4, -0.2) is 78.1 Å². The van der Waals surface area contributed by atoms with E-state index in [-0.39, 0.29) is 24.2 Å². The number of fused-ring (bicyclic) bond motifs is 1. The normalized spacial score (nSPS) is 20.4. The summed E-state index contributed by atoms with van der Waals surface area (Å²) < 4.78 is 16.6. The molecule has 0 unspecified atom stereocenters. The SMILES string of the molecule is C=C(NC=NC(C)=NC1CCC(OC)CC1)C(=O)NC[C@H](O)CN1CCc2c(ccc(OCc3cnco3)c2C)C1. The highest BCUT2D eigenvalue weighted by molar-refractivity contribution is 5.96. The number of ether oxygens (including phenoxy) is 2. The quantitative estimate of drug-likeness (QED) is 0.203. The van der Waals surface area contributed by atoms with E-state index in [2.05, 4.69) is 50.1 Å². The predicted octanol–water partition coefficient (Wildman–Crippen LogP) is 2.90. The van der Waals surface area contributed by atoms with E-state index in [0.29, 0.717) is 30.9 Å². The first-order valence-corrected chi connectivity index (χ1v) is 14.2. The Bertz CT molecular complexity index is 1220. The highest BCUT2D eigenvalue weighted by Crippen LogP contribution is 2.30. The summed E-state index contributed by atoms with van der Waals surface area (Å²) in [5, 5.41) is 16.1. The molecule has 1 aliphatic heterocycles. The average Bonchev–Trinajstić information content (AvgIpc) is 3.49. The van der Waals surface area contributed by atoms with Crippen molar-refractivity contribution in [1.82, 2.24) is 20.5 Å². The lowest BCUT2D eigenvalue weighted by Crippen LogP contribution is -2.43. The zero-order valence-electron chi connectivity index (χ0n) is 24.3. The van der Waals surface area contributed by atoms with Gasteiger partial charge < -0.3 is 29.6 Å². The third-order valence-corrected chi connectivity index (χ3v) is 7.65. The van der Waals surface area contributed by atoms with E-state index in [4.69, 9.17) is 13.9 Å². The van der Waals surface area contributed by atoms with Crippen LogP contribution in [0.5, 0.6) is 5.75 Å². The van der Waals surface area contributed by atoms with Crippen LogP contribution in [-0.2, 0) is 29.1 Å². The number of aromatic nitrogens is 1. The molecule has 1 aromatic heterocycles. The maximum Gasteiger partial charge on any atom is 0.267 e. The van der Waals surface area contributed by atoms with E-state index in [9.17, 15) is 9.90 Å². The standard InChI is InChI=1S/C30H42N6O5/c1-20-28-11-12-36(15-23(28)5-10-29(20)40-17-27-14-31-19-41-27)16-25(37)13-32-30(38)21(2)33-18-34-22(3)35-24-6-8-26(39-4)9-7-24/h5,10,14,18-19,24-26,37H,2,6-9,11-13,15-17H2,1,3-4H3,(H,32,38)(H,33,34,35)/t24?,25-,26?/m0/s1.